The molecule has 0 rings (SSSR count). The molecule has 0 aliphatic carbocycles. The van der Waals surface area contributed by atoms with Crippen molar-refractivity contribution >= 4 is 5.91 Å². The molecular formula is C14H27NO4. The molecular weight excluding hydrogens is 246 g/mol. The van der Waals surface area contributed by atoms with Crippen molar-refractivity contribution in [2.75, 3.05) is 39.9 Å². The van der Waals surface area contributed by atoms with Gasteiger partial charge in [-0.2, -0.15) is 0 Å². The Kier molecular flexibility index (Phi) is 11.6. The zero-order valence-electron chi connectivity index (χ0n) is 12.4. The standard InChI is InChI=1S/C14H27NO4/c1-5-9-19-10-8-13(4)14(16)15(11-17-6-2)12-18-7-3/h4-12H2,1-3H3. The van der Waals surface area contributed by atoms with Gasteiger partial charge in [-0.15, -0.1) is 0 Å². The van der Waals surface area contributed by atoms with Crippen molar-refractivity contribution in [2.45, 2.75) is 33.6 Å². The fraction of sp³-hybridized carbons (Fsp3) is 0.786. The van der Waals surface area contributed by atoms with Crippen molar-refractivity contribution in [2.24, 2.45) is 0 Å². The normalized spacial score (nSPS) is 10.5. The highest BCUT2D eigenvalue weighted by molar-refractivity contribution is 5.92. The minimum absolute atomic E-state index is 0.137. The first-order valence-electron chi connectivity index (χ1n) is 6.87. The van der Waals surface area contributed by atoms with Gasteiger partial charge < -0.3 is 14.2 Å². The quantitative estimate of drug-likeness (QED) is 0.311. The maximum Gasteiger partial charge on any atom is 0.252 e. The second kappa shape index (κ2) is 12.1. The predicted octanol–water partition coefficient (Wildman–Crippen LogP) is 2.18. The number of ether oxygens (including phenoxy) is 3. The number of amides is 1. The van der Waals surface area contributed by atoms with Gasteiger partial charge in [0.1, 0.15) is 13.5 Å². The van der Waals surface area contributed by atoms with Gasteiger partial charge in [-0.1, -0.05) is 13.5 Å². The van der Waals surface area contributed by atoms with E-state index in [4.69, 9.17) is 14.2 Å². The van der Waals surface area contributed by atoms with Gasteiger partial charge in [0.15, 0.2) is 0 Å². The van der Waals surface area contributed by atoms with Crippen LogP contribution in [-0.2, 0) is 19.0 Å². The van der Waals surface area contributed by atoms with E-state index < -0.39 is 0 Å². The Morgan fingerprint density at radius 3 is 2.05 bits per heavy atom. The molecule has 112 valence electrons. The SMILES string of the molecule is C=C(CCOCCC)C(=O)N(COCC)COCC. The summed E-state index contributed by atoms with van der Waals surface area (Å²) in [6.07, 6.45) is 1.51. The van der Waals surface area contributed by atoms with Gasteiger partial charge in [-0.05, 0) is 20.3 Å². The average molecular weight is 273 g/mol. The van der Waals surface area contributed by atoms with Crippen LogP contribution in [-0.4, -0.2) is 50.7 Å². The molecule has 0 aliphatic rings. The largest absolute Gasteiger partial charge is 0.381 e. The highest BCUT2D eigenvalue weighted by Gasteiger charge is 2.16. The van der Waals surface area contributed by atoms with Gasteiger partial charge in [-0.25, -0.2) is 0 Å². The molecule has 0 fully saturated rings. The maximum absolute atomic E-state index is 12.1. The van der Waals surface area contributed by atoms with Gasteiger partial charge in [-0.3, -0.25) is 9.69 Å². The van der Waals surface area contributed by atoms with Gasteiger partial charge in [0, 0.05) is 31.8 Å². The van der Waals surface area contributed by atoms with E-state index >= 15 is 0 Å². The molecule has 0 aliphatic heterocycles. The van der Waals surface area contributed by atoms with E-state index in [1.54, 1.807) is 0 Å². The third-order valence-corrected chi connectivity index (χ3v) is 2.39. The topological polar surface area (TPSA) is 48.0 Å². The molecule has 19 heavy (non-hydrogen) atoms. The van der Waals surface area contributed by atoms with Crippen LogP contribution in [0, 0.1) is 0 Å². The van der Waals surface area contributed by atoms with E-state index in [-0.39, 0.29) is 19.4 Å². The number of hydrogen-bond acceptors (Lipinski definition) is 4. The molecule has 0 aromatic rings. The first kappa shape index (κ1) is 18.1. The van der Waals surface area contributed by atoms with E-state index in [0.717, 1.165) is 6.42 Å². The van der Waals surface area contributed by atoms with Crippen LogP contribution in [0.2, 0.25) is 0 Å². The first-order chi connectivity index (χ1) is 9.17. The minimum Gasteiger partial charge on any atom is -0.381 e. The van der Waals surface area contributed by atoms with E-state index in [1.165, 1.54) is 4.90 Å². The zero-order valence-corrected chi connectivity index (χ0v) is 12.4. The van der Waals surface area contributed by atoms with Crippen molar-refractivity contribution in [1.82, 2.24) is 4.90 Å². The van der Waals surface area contributed by atoms with Crippen molar-refractivity contribution in [3.63, 3.8) is 0 Å². The van der Waals surface area contributed by atoms with Crippen molar-refractivity contribution in [3.8, 4) is 0 Å². The second-order valence-corrected chi connectivity index (χ2v) is 4.05. The minimum atomic E-state index is -0.137. The summed E-state index contributed by atoms with van der Waals surface area (Å²) in [5.41, 5.74) is 0.524. The monoisotopic (exact) mass is 273 g/mol. The predicted molar refractivity (Wildman–Crippen MR) is 74.7 cm³/mol. The van der Waals surface area contributed by atoms with Crippen LogP contribution in [0.5, 0.6) is 0 Å². The fourth-order valence-electron chi connectivity index (χ4n) is 1.33. The highest BCUT2D eigenvalue weighted by Crippen LogP contribution is 2.06. The fourth-order valence-corrected chi connectivity index (χ4v) is 1.33. The summed E-state index contributed by atoms with van der Waals surface area (Å²) in [5.74, 6) is -0.137. The van der Waals surface area contributed by atoms with E-state index in [0.29, 0.717) is 38.4 Å². The number of rotatable bonds is 12. The molecule has 0 radical (unpaired) electrons. The lowest BCUT2D eigenvalue weighted by molar-refractivity contribution is -0.140. The Morgan fingerprint density at radius 2 is 1.58 bits per heavy atom. The number of nitrogens with zero attached hydrogens (tertiary/aromatic N) is 1. The molecule has 0 atom stereocenters. The van der Waals surface area contributed by atoms with Crippen LogP contribution in [0.25, 0.3) is 0 Å². The molecule has 5 heteroatoms. The molecule has 0 unspecified atom stereocenters. The van der Waals surface area contributed by atoms with Gasteiger partial charge in [0.05, 0.1) is 6.61 Å². The van der Waals surface area contributed by atoms with E-state index in [1.807, 2.05) is 20.8 Å². The summed E-state index contributed by atoms with van der Waals surface area (Å²) >= 11 is 0. The van der Waals surface area contributed by atoms with Crippen LogP contribution in [0.4, 0.5) is 0 Å². The molecule has 0 N–H and O–H groups in total. The summed E-state index contributed by atoms with van der Waals surface area (Å²) in [6.45, 7) is 12.4. The maximum atomic E-state index is 12.1. The molecule has 0 saturated heterocycles. The summed E-state index contributed by atoms with van der Waals surface area (Å²) in [7, 11) is 0. The molecule has 1 amide bonds. The van der Waals surface area contributed by atoms with Gasteiger partial charge in [0.25, 0.3) is 5.91 Å². The van der Waals surface area contributed by atoms with Crippen LogP contribution in [0.15, 0.2) is 12.2 Å². The zero-order chi connectivity index (χ0) is 14.5. The summed E-state index contributed by atoms with van der Waals surface area (Å²) in [4.78, 5) is 13.6. The average Bonchev–Trinajstić information content (AvgIpc) is 2.43. The van der Waals surface area contributed by atoms with E-state index in [9.17, 15) is 4.79 Å². The van der Waals surface area contributed by atoms with Crippen LogP contribution < -0.4 is 0 Å². The molecule has 0 aromatic carbocycles. The van der Waals surface area contributed by atoms with E-state index in [2.05, 4.69) is 6.58 Å². The molecule has 0 aromatic heterocycles. The van der Waals surface area contributed by atoms with Crippen molar-refractivity contribution in [3.05, 3.63) is 12.2 Å². The third-order valence-electron chi connectivity index (χ3n) is 2.39. The second-order valence-electron chi connectivity index (χ2n) is 4.05. The van der Waals surface area contributed by atoms with Crippen LogP contribution in [0.3, 0.4) is 0 Å². The van der Waals surface area contributed by atoms with Crippen LogP contribution >= 0.6 is 0 Å². The van der Waals surface area contributed by atoms with Gasteiger partial charge in [0.2, 0.25) is 0 Å². The van der Waals surface area contributed by atoms with Gasteiger partial charge >= 0.3 is 0 Å². The Labute approximate surface area is 116 Å². The number of carbonyl (C=O) groups is 1. The van der Waals surface area contributed by atoms with Crippen molar-refractivity contribution < 1.29 is 19.0 Å². The molecule has 0 heterocycles. The third kappa shape index (κ3) is 8.75. The van der Waals surface area contributed by atoms with Crippen molar-refractivity contribution in [1.29, 1.82) is 0 Å². The molecule has 0 spiro atoms. The lowest BCUT2D eigenvalue weighted by atomic mass is 10.2. The molecule has 0 saturated carbocycles. The summed E-state index contributed by atoms with van der Waals surface area (Å²) in [5, 5.41) is 0. The molecule has 5 nitrogen and oxygen atoms in total. The highest BCUT2D eigenvalue weighted by atomic mass is 16.5. The Balaban J connectivity index is 4.14. The Morgan fingerprint density at radius 1 is 1.00 bits per heavy atom. The first-order valence-corrected chi connectivity index (χ1v) is 6.87. The number of hydrogen-bond donors (Lipinski definition) is 0. The summed E-state index contributed by atoms with van der Waals surface area (Å²) < 4.78 is 15.9. The van der Waals surface area contributed by atoms with Crippen LogP contribution in [0.1, 0.15) is 33.6 Å². The molecule has 0 bridgehead atoms. The lowest BCUT2D eigenvalue weighted by Crippen LogP contribution is -2.36. The Bertz CT molecular complexity index is 248. The summed E-state index contributed by atoms with van der Waals surface area (Å²) in [6, 6.07) is 0. The lowest BCUT2D eigenvalue weighted by Gasteiger charge is -2.22. The number of carbonyl (C=O) groups excluding carboxylic acids is 1. The smallest absolute Gasteiger partial charge is 0.252 e. The Hall–Kier alpha value is -0.910.